The number of hydrogen-bond acceptors (Lipinski definition) is 4. The first-order valence-corrected chi connectivity index (χ1v) is 12.0. The normalized spacial score (nSPS) is 13.7. The second-order valence-corrected chi connectivity index (χ2v) is 8.49. The first-order chi connectivity index (χ1) is 17.2. The second kappa shape index (κ2) is 10.1. The molecule has 36 heavy (non-hydrogen) atoms. The van der Waals surface area contributed by atoms with Crippen LogP contribution < -0.4 is 38.6 Å². The molecule has 180 valence electrons. The fourth-order valence-corrected chi connectivity index (χ4v) is 4.69. The van der Waals surface area contributed by atoms with Crippen LogP contribution in [0.2, 0.25) is 0 Å². The molecular weight excluding hydrogens is 561 g/mol. The van der Waals surface area contributed by atoms with Crippen LogP contribution in [0.1, 0.15) is 25.3 Å². The quantitative estimate of drug-likeness (QED) is 0.251. The molecule has 3 aromatic carbocycles. The molecule has 3 heterocycles. The molecule has 0 unspecified atom stereocenters. The Morgan fingerprint density at radius 2 is 1.78 bits per heavy atom. The van der Waals surface area contributed by atoms with Crippen molar-refractivity contribution in [2.75, 3.05) is 5.32 Å². The van der Waals surface area contributed by atoms with Gasteiger partial charge in [0.2, 0.25) is 5.58 Å². The molecule has 0 radical (unpaired) electrons. The Hall–Kier alpha value is -3.65. The van der Waals surface area contributed by atoms with Gasteiger partial charge in [-0.1, -0.05) is 49.4 Å². The topological polar surface area (TPSA) is 51.2 Å². The molecule has 6 rings (SSSR count). The molecule has 0 aliphatic carbocycles. The Balaban J connectivity index is 0.00000267. The summed E-state index contributed by atoms with van der Waals surface area (Å²) < 4.78 is 14.4. The number of aryl methyl sites for hydroxylation is 2. The van der Waals surface area contributed by atoms with Crippen molar-refractivity contribution in [3.8, 4) is 17.0 Å². The predicted molar refractivity (Wildman–Crippen MR) is 140 cm³/mol. The van der Waals surface area contributed by atoms with Crippen molar-refractivity contribution in [3.05, 3.63) is 102 Å². The summed E-state index contributed by atoms with van der Waals surface area (Å²) in [5, 5.41) is 4.42. The van der Waals surface area contributed by atoms with Gasteiger partial charge in [-0.15, -0.1) is 0 Å². The van der Waals surface area contributed by atoms with Crippen molar-refractivity contribution in [1.29, 1.82) is 0 Å². The highest BCUT2D eigenvalue weighted by Gasteiger charge is 2.26. The maximum absolute atomic E-state index is 6.32. The smallest absolute Gasteiger partial charge is 0.374 e. The van der Waals surface area contributed by atoms with Gasteiger partial charge in [0.25, 0.3) is 5.52 Å². The molecule has 0 saturated heterocycles. The Labute approximate surface area is 227 Å². The molecule has 0 atom stereocenters. The number of oxazole rings is 1. The minimum atomic E-state index is 0. The monoisotopic (exact) mass is 587 g/mol. The summed E-state index contributed by atoms with van der Waals surface area (Å²) >= 11 is 0. The van der Waals surface area contributed by atoms with Gasteiger partial charge in [0.15, 0.2) is 11.6 Å². The Morgan fingerprint density at radius 3 is 2.61 bits per heavy atom. The van der Waals surface area contributed by atoms with E-state index in [4.69, 9.17) is 14.1 Å². The highest BCUT2D eigenvalue weighted by molar-refractivity contribution is 5.92. The van der Waals surface area contributed by atoms with Crippen molar-refractivity contribution < 1.29 is 37.7 Å². The van der Waals surface area contributed by atoms with E-state index in [1.54, 1.807) is 0 Å². The van der Waals surface area contributed by atoms with Crippen LogP contribution in [0.3, 0.4) is 0 Å². The third-order valence-electron chi connectivity index (χ3n) is 6.38. The van der Waals surface area contributed by atoms with Gasteiger partial charge in [0, 0.05) is 5.39 Å². The van der Waals surface area contributed by atoms with Crippen LogP contribution in [0.5, 0.6) is 5.75 Å². The van der Waals surface area contributed by atoms with Crippen molar-refractivity contribution in [1.82, 2.24) is 4.98 Å². The number of aromatic nitrogens is 2. The molecule has 1 N–H and O–H groups in total. The number of allylic oxidation sites excluding steroid dienone is 2. The van der Waals surface area contributed by atoms with E-state index < -0.39 is 0 Å². The molecule has 1 aliphatic heterocycles. The number of anilines is 1. The lowest BCUT2D eigenvalue weighted by Crippen LogP contribution is -3.00. The third kappa shape index (κ3) is 4.26. The number of nitrogens with zero attached hydrogens (tertiary/aromatic N) is 2. The largest absolute Gasteiger partial charge is 1.00 e. The fourth-order valence-electron chi connectivity index (χ4n) is 4.69. The summed E-state index contributed by atoms with van der Waals surface area (Å²) in [6.07, 6.45) is 6.76. The number of pyridine rings is 1. The van der Waals surface area contributed by atoms with Gasteiger partial charge in [0.1, 0.15) is 6.54 Å². The van der Waals surface area contributed by atoms with Crippen LogP contribution in [0, 0.1) is 0 Å². The first-order valence-electron chi connectivity index (χ1n) is 12.0. The Bertz CT molecular complexity index is 1610. The maximum Gasteiger partial charge on any atom is 0.374 e. The van der Waals surface area contributed by atoms with E-state index in [9.17, 15) is 0 Å². The first kappa shape index (κ1) is 24.1. The zero-order valence-corrected chi connectivity index (χ0v) is 22.3. The van der Waals surface area contributed by atoms with Crippen LogP contribution in [-0.4, -0.2) is 4.98 Å². The van der Waals surface area contributed by atoms with Crippen LogP contribution in [0.15, 0.2) is 95.2 Å². The Morgan fingerprint density at radius 1 is 0.944 bits per heavy atom. The minimum Gasteiger partial charge on any atom is -1.00 e. The number of hydrogen-bond donors (Lipinski definition) is 1. The van der Waals surface area contributed by atoms with E-state index in [1.807, 2.05) is 54.6 Å². The van der Waals surface area contributed by atoms with Crippen LogP contribution in [0.4, 0.5) is 5.69 Å². The summed E-state index contributed by atoms with van der Waals surface area (Å²) in [6.45, 7) is 5.10. The zero-order chi connectivity index (χ0) is 23.8. The molecule has 0 amide bonds. The van der Waals surface area contributed by atoms with Crippen molar-refractivity contribution in [2.45, 2.75) is 26.8 Å². The number of para-hydroxylation sites is 3. The van der Waals surface area contributed by atoms with E-state index in [1.165, 1.54) is 5.56 Å². The van der Waals surface area contributed by atoms with Gasteiger partial charge >= 0.3 is 5.89 Å². The fraction of sp³-hybridized carbons (Fsp3) is 0.133. The zero-order valence-electron chi connectivity index (χ0n) is 20.2. The summed E-state index contributed by atoms with van der Waals surface area (Å²) in [7, 11) is 0. The SMILES string of the molecule is CCc1ccc2oc(C=CC=C3Nc4ccccc4O3)[n+](CC)c2c1-c1ccc2ccccc2n1.[I-]. The Kier molecular flexibility index (Phi) is 6.78. The summed E-state index contributed by atoms with van der Waals surface area (Å²) in [5.41, 5.74) is 7.24. The summed E-state index contributed by atoms with van der Waals surface area (Å²) in [6, 6.07) is 24.6. The number of nitrogens with one attached hydrogen (secondary N) is 1. The number of halogens is 1. The predicted octanol–water partition coefficient (Wildman–Crippen LogP) is 3.88. The van der Waals surface area contributed by atoms with E-state index >= 15 is 0 Å². The van der Waals surface area contributed by atoms with E-state index in [2.05, 4.69) is 60.1 Å². The second-order valence-electron chi connectivity index (χ2n) is 8.49. The number of benzene rings is 3. The van der Waals surface area contributed by atoms with Crippen molar-refractivity contribution >= 4 is 33.8 Å². The van der Waals surface area contributed by atoms with E-state index in [0.29, 0.717) is 5.88 Å². The highest BCUT2D eigenvalue weighted by atomic mass is 127. The van der Waals surface area contributed by atoms with Gasteiger partial charge in [-0.25, -0.2) is 4.98 Å². The number of ether oxygens (including phenoxy) is 1. The molecule has 6 heteroatoms. The average molecular weight is 587 g/mol. The molecule has 0 bridgehead atoms. The molecule has 1 aliphatic rings. The van der Waals surface area contributed by atoms with Gasteiger partial charge < -0.3 is 38.4 Å². The van der Waals surface area contributed by atoms with Crippen LogP contribution >= 0.6 is 0 Å². The molecule has 0 saturated carbocycles. The lowest BCUT2D eigenvalue weighted by atomic mass is 9.99. The molecule has 5 aromatic rings. The minimum absolute atomic E-state index is 0. The molecule has 2 aromatic heterocycles. The molecule has 0 spiro atoms. The molecule has 0 fully saturated rings. The maximum atomic E-state index is 6.32. The number of fused-ring (bicyclic) bond motifs is 3. The van der Waals surface area contributed by atoms with Crippen LogP contribution in [-0.2, 0) is 13.0 Å². The average Bonchev–Trinajstić information content (AvgIpc) is 3.48. The van der Waals surface area contributed by atoms with E-state index in [0.717, 1.165) is 63.6 Å². The molecular formula is C30H26IN3O2. The van der Waals surface area contributed by atoms with Crippen LogP contribution in [0.25, 0.3) is 39.3 Å². The summed E-state index contributed by atoms with van der Waals surface area (Å²) in [5.74, 6) is 2.31. The standard InChI is InChI=1S/C30H25N3O2.HI/c1-3-20-17-19-26-30(29(20)24-18-16-21-10-5-6-11-22(21)31-24)33(4-2)28(35-26)15-9-14-27-32-23-12-7-8-13-25(23)34-27;/h5-19H,3-4H2,1-2H3;1H. The lowest BCUT2D eigenvalue weighted by molar-refractivity contribution is -0.674. The van der Waals surface area contributed by atoms with Crippen molar-refractivity contribution in [3.63, 3.8) is 0 Å². The van der Waals surface area contributed by atoms with Gasteiger partial charge in [-0.05, 0) is 61.4 Å². The van der Waals surface area contributed by atoms with Crippen molar-refractivity contribution in [2.24, 2.45) is 0 Å². The van der Waals surface area contributed by atoms with Gasteiger partial charge in [-0.3, -0.25) is 0 Å². The highest BCUT2D eigenvalue weighted by Crippen LogP contribution is 2.34. The van der Waals surface area contributed by atoms with E-state index in [-0.39, 0.29) is 24.0 Å². The summed E-state index contributed by atoms with van der Waals surface area (Å²) in [4.78, 5) is 5.02. The third-order valence-corrected chi connectivity index (χ3v) is 6.38. The lowest BCUT2D eigenvalue weighted by Gasteiger charge is -2.08. The number of rotatable bonds is 5. The van der Waals surface area contributed by atoms with Gasteiger partial charge in [0.05, 0.1) is 28.5 Å². The van der Waals surface area contributed by atoms with Gasteiger partial charge in [-0.2, -0.15) is 4.57 Å². The molecule has 5 nitrogen and oxygen atoms in total.